The Hall–Kier alpha value is -7.17. The zero-order valence-corrected chi connectivity index (χ0v) is 25.4. The summed E-state index contributed by atoms with van der Waals surface area (Å²) in [5.41, 5.74) is 4.06. The second-order valence-corrected chi connectivity index (χ2v) is 11.5. The highest BCUT2D eigenvalue weighted by Crippen LogP contribution is 2.47. The smallest absolute Gasteiger partial charge is 0.338 e. The van der Waals surface area contributed by atoms with Crippen molar-refractivity contribution in [3.8, 4) is 23.3 Å². The molecule has 5 aromatic rings. The third-order valence-electron chi connectivity index (χ3n) is 9.03. The number of anilines is 1. The Morgan fingerprint density at radius 3 is 1.71 bits per heavy atom. The molecule has 2 heterocycles. The van der Waals surface area contributed by atoms with Crippen molar-refractivity contribution >= 4 is 51.6 Å². The number of ether oxygens (including phenoxy) is 1. The van der Waals surface area contributed by atoms with Crippen molar-refractivity contribution in [2.24, 2.45) is 0 Å². The van der Waals surface area contributed by atoms with Crippen molar-refractivity contribution in [1.82, 2.24) is 4.90 Å². The fourth-order valence-electron chi connectivity index (χ4n) is 6.94. The highest BCUT2D eigenvalue weighted by atomic mass is 16.5. The van der Waals surface area contributed by atoms with Gasteiger partial charge in [0, 0.05) is 44.2 Å². The van der Waals surface area contributed by atoms with Gasteiger partial charge in [0.25, 0.3) is 23.6 Å². The summed E-state index contributed by atoms with van der Waals surface area (Å²) < 4.78 is 5.60. The summed E-state index contributed by atoms with van der Waals surface area (Å²) in [5, 5.41) is 19.7. The Morgan fingerprint density at radius 1 is 0.592 bits per heavy atom. The molecule has 0 aromatic heterocycles. The van der Waals surface area contributed by atoms with E-state index in [4.69, 9.17) is 4.74 Å². The first-order valence-corrected chi connectivity index (χ1v) is 15.2. The molecule has 0 N–H and O–H groups in total. The summed E-state index contributed by atoms with van der Waals surface area (Å²) in [6.07, 6.45) is 0. The molecule has 1 aliphatic carbocycles. The highest BCUT2D eigenvalue weighted by Gasteiger charge is 2.40. The van der Waals surface area contributed by atoms with Crippen molar-refractivity contribution in [2.75, 3.05) is 18.1 Å². The topological polar surface area (TPSA) is 149 Å². The first-order valence-electron chi connectivity index (χ1n) is 15.2. The van der Waals surface area contributed by atoms with E-state index in [1.807, 2.05) is 12.1 Å². The average Bonchev–Trinajstić information content (AvgIpc) is 3.46. The van der Waals surface area contributed by atoms with Crippen LogP contribution < -0.4 is 4.90 Å². The summed E-state index contributed by atoms with van der Waals surface area (Å²) >= 11 is 0. The lowest BCUT2D eigenvalue weighted by molar-refractivity contribution is 0.0405. The van der Waals surface area contributed by atoms with Crippen LogP contribution in [0.1, 0.15) is 62.9 Å². The number of carbonyl (C=O) groups excluding carboxylic acids is 5. The van der Waals surface area contributed by atoms with Crippen LogP contribution in [0.4, 0.5) is 5.69 Å². The fourth-order valence-corrected chi connectivity index (χ4v) is 6.94. The largest absolute Gasteiger partial charge is 0.460 e. The lowest BCUT2D eigenvalue weighted by atomic mass is 9.86. The number of nitrogens with zero attached hydrogens (tertiary/aromatic N) is 4. The number of amides is 4. The van der Waals surface area contributed by atoms with Crippen LogP contribution >= 0.6 is 0 Å². The minimum atomic E-state index is -0.709. The van der Waals surface area contributed by atoms with E-state index >= 15 is 0 Å². The molecule has 49 heavy (non-hydrogen) atoms. The Bertz CT molecular complexity index is 2420. The standard InChI is InChI=1S/C39H20N4O6/c40-19-21(20-41)31-23-9-4-5-10-24(23)32-25(31)11-6-12-30(32)39(48)49-18-17-42-35(44)26-13-15-28-34-29(16-14-27(33(26)34)36(42)45)38(47)43(37(28)46)22-7-2-1-3-8-22/h1-16H,17-18H2. The van der Waals surface area contributed by atoms with E-state index in [-0.39, 0.29) is 57.3 Å². The van der Waals surface area contributed by atoms with Gasteiger partial charge in [0.05, 0.1) is 17.8 Å². The van der Waals surface area contributed by atoms with E-state index in [1.54, 1.807) is 72.8 Å². The van der Waals surface area contributed by atoms with Crippen molar-refractivity contribution < 1.29 is 28.7 Å². The number of esters is 1. The normalized spacial score (nSPS) is 14.0. The van der Waals surface area contributed by atoms with E-state index in [0.29, 0.717) is 33.5 Å². The van der Waals surface area contributed by atoms with E-state index in [1.165, 1.54) is 24.3 Å². The summed E-state index contributed by atoms with van der Waals surface area (Å²) in [6, 6.07) is 30.4. The number of allylic oxidation sites excluding steroid dienone is 1. The summed E-state index contributed by atoms with van der Waals surface area (Å²) in [6.45, 7) is -0.569. The van der Waals surface area contributed by atoms with E-state index < -0.39 is 29.6 Å². The predicted molar refractivity (Wildman–Crippen MR) is 176 cm³/mol. The lowest BCUT2D eigenvalue weighted by Gasteiger charge is -2.31. The quantitative estimate of drug-likeness (QED) is 0.128. The van der Waals surface area contributed by atoms with Gasteiger partial charge in [-0.25, -0.2) is 9.69 Å². The van der Waals surface area contributed by atoms with Crippen molar-refractivity contribution in [3.63, 3.8) is 0 Å². The van der Waals surface area contributed by atoms with Crippen molar-refractivity contribution in [1.29, 1.82) is 10.5 Å². The number of benzene rings is 5. The maximum absolute atomic E-state index is 13.7. The van der Waals surface area contributed by atoms with Crippen molar-refractivity contribution in [3.05, 3.63) is 142 Å². The molecule has 0 fully saturated rings. The number of hydrogen-bond donors (Lipinski definition) is 0. The Kier molecular flexibility index (Phi) is 6.55. The first kappa shape index (κ1) is 29.2. The van der Waals surface area contributed by atoms with E-state index in [9.17, 15) is 34.5 Å². The molecule has 10 heteroatoms. The van der Waals surface area contributed by atoms with Crippen LogP contribution in [-0.2, 0) is 4.74 Å². The molecule has 0 bridgehead atoms. The van der Waals surface area contributed by atoms with Crippen LogP contribution in [0.15, 0.2) is 103 Å². The molecule has 5 aromatic carbocycles. The number of nitriles is 2. The maximum atomic E-state index is 13.7. The van der Waals surface area contributed by atoms with Crippen LogP contribution in [0.5, 0.6) is 0 Å². The van der Waals surface area contributed by atoms with Gasteiger partial charge in [0.15, 0.2) is 0 Å². The molecule has 8 rings (SSSR count). The van der Waals surface area contributed by atoms with E-state index in [0.717, 1.165) is 9.80 Å². The molecule has 0 saturated carbocycles. The van der Waals surface area contributed by atoms with Gasteiger partial charge in [-0.2, -0.15) is 10.5 Å². The molecule has 0 unspecified atom stereocenters. The second kappa shape index (κ2) is 11.0. The van der Waals surface area contributed by atoms with Crippen LogP contribution in [0, 0.1) is 22.7 Å². The highest BCUT2D eigenvalue weighted by molar-refractivity contribution is 6.39. The molecule has 2 aliphatic heterocycles. The van der Waals surface area contributed by atoms with Gasteiger partial charge in [-0.15, -0.1) is 0 Å². The van der Waals surface area contributed by atoms with Crippen LogP contribution in [-0.4, -0.2) is 47.6 Å². The monoisotopic (exact) mass is 640 g/mol. The SMILES string of the molecule is N#CC(C#N)=C1c2ccccc2-c2c(C(=O)OCCN3C(=O)c4ccc5c6c(ccc(c46)C3=O)C(=O)N(c3ccccc3)C5=O)cccc21. The van der Waals surface area contributed by atoms with E-state index in [2.05, 4.69) is 0 Å². The summed E-state index contributed by atoms with van der Waals surface area (Å²) in [7, 11) is 0. The number of para-hydroxylation sites is 1. The second-order valence-electron chi connectivity index (χ2n) is 11.5. The molecular weight excluding hydrogens is 620 g/mol. The van der Waals surface area contributed by atoms with Crippen LogP contribution in [0.3, 0.4) is 0 Å². The average molecular weight is 641 g/mol. The zero-order valence-electron chi connectivity index (χ0n) is 25.4. The minimum Gasteiger partial charge on any atom is -0.460 e. The van der Waals surface area contributed by atoms with Crippen molar-refractivity contribution in [2.45, 2.75) is 0 Å². The number of carbonyl (C=O) groups is 5. The molecule has 3 aliphatic rings. The number of rotatable bonds is 5. The van der Waals surface area contributed by atoms with Gasteiger partial charge >= 0.3 is 5.97 Å². The summed E-state index contributed by atoms with van der Waals surface area (Å²) in [4.78, 5) is 70.1. The third kappa shape index (κ3) is 4.15. The number of fused-ring (bicyclic) bond motifs is 3. The zero-order chi connectivity index (χ0) is 34.0. The van der Waals surface area contributed by atoms with Gasteiger partial charge < -0.3 is 4.74 Å². The van der Waals surface area contributed by atoms with Gasteiger partial charge in [-0.3, -0.25) is 24.1 Å². The minimum absolute atomic E-state index is 0.0818. The first-order chi connectivity index (χ1) is 23.8. The van der Waals surface area contributed by atoms with Gasteiger partial charge in [-0.05, 0) is 59.2 Å². The Morgan fingerprint density at radius 2 is 1.12 bits per heavy atom. The van der Waals surface area contributed by atoms with Gasteiger partial charge in [0.1, 0.15) is 24.3 Å². The molecule has 4 amide bonds. The van der Waals surface area contributed by atoms with Gasteiger partial charge in [0.2, 0.25) is 0 Å². The number of imide groups is 2. The summed E-state index contributed by atoms with van der Waals surface area (Å²) in [5.74, 6) is -3.12. The molecule has 0 saturated heterocycles. The Labute approximate surface area is 278 Å². The van der Waals surface area contributed by atoms with Crippen LogP contribution in [0.2, 0.25) is 0 Å². The molecule has 232 valence electrons. The lowest BCUT2D eigenvalue weighted by Crippen LogP contribution is -2.44. The Balaban J connectivity index is 1.07. The van der Waals surface area contributed by atoms with Gasteiger partial charge in [-0.1, -0.05) is 54.6 Å². The molecule has 0 radical (unpaired) electrons. The molecule has 0 spiro atoms. The maximum Gasteiger partial charge on any atom is 0.338 e. The molecule has 10 nitrogen and oxygen atoms in total. The predicted octanol–water partition coefficient (Wildman–Crippen LogP) is 5.92. The fraction of sp³-hybridized carbons (Fsp3) is 0.0513. The molecule has 0 atom stereocenters. The third-order valence-corrected chi connectivity index (χ3v) is 9.03. The molecular formula is C39H20N4O6. The number of hydrogen-bond acceptors (Lipinski definition) is 8. The van der Waals surface area contributed by atoms with Crippen LogP contribution in [0.25, 0.3) is 27.5 Å².